The number of nitrogens with zero attached hydrogens (tertiary/aromatic N) is 2. The molecule has 0 amide bonds. The number of hydrogen-bond donors (Lipinski definition) is 0. The van der Waals surface area contributed by atoms with E-state index >= 15 is 0 Å². The second-order valence-corrected chi connectivity index (χ2v) is 6.49. The molecule has 3 rings (SSSR count). The molecule has 5 heteroatoms. The van der Waals surface area contributed by atoms with E-state index in [4.69, 9.17) is 21.3 Å². The van der Waals surface area contributed by atoms with Gasteiger partial charge in [-0.1, -0.05) is 15.9 Å². The number of ether oxygens (including phenoxy) is 1. The first-order valence-corrected chi connectivity index (χ1v) is 8.43. The number of aryl methyl sites for hydroxylation is 1. The highest BCUT2D eigenvalue weighted by molar-refractivity contribution is 9.10. The second kappa shape index (κ2) is 6.46. The molecule has 1 aliphatic rings. The summed E-state index contributed by atoms with van der Waals surface area (Å²) >= 11 is 9.46. The van der Waals surface area contributed by atoms with Crippen molar-refractivity contribution in [2.45, 2.75) is 38.3 Å². The molecule has 1 aliphatic heterocycles. The zero-order valence-corrected chi connectivity index (χ0v) is 13.7. The Morgan fingerprint density at radius 2 is 2.30 bits per heavy atom. The lowest BCUT2D eigenvalue weighted by Crippen LogP contribution is -2.25. The zero-order chi connectivity index (χ0) is 13.9. The van der Waals surface area contributed by atoms with Crippen LogP contribution in [0, 0.1) is 0 Å². The van der Waals surface area contributed by atoms with Gasteiger partial charge in [-0.05, 0) is 37.5 Å². The number of benzene rings is 1. The summed E-state index contributed by atoms with van der Waals surface area (Å²) in [6.45, 7) is 1.75. The van der Waals surface area contributed by atoms with Crippen molar-refractivity contribution < 1.29 is 4.74 Å². The molecule has 1 unspecified atom stereocenters. The number of fused-ring (bicyclic) bond motifs is 1. The second-order valence-electron chi connectivity index (χ2n) is 5.20. The van der Waals surface area contributed by atoms with Crippen LogP contribution in [-0.2, 0) is 17.7 Å². The lowest BCUT2D eigenvalue weighted by molar-refractivity contribution is 0.00621. The van der Waals surface area contributed by atoms with Crippen molar-refractivity contribution in [3.05, 3.63) is 28.5 Å². The van der Waals surface area contributed by atoms with Gasteiger partial charge in [0.25, 0.3) is 0 Å². The molecule has 1 atom stereocenters. The minimum absolute atomic E-state index is 0.300. The van der Waals surface area contributed by atoms with Gasteiger partial charge in [0.1, 0.15) is 5.82 Å². The molecule has 0 aliphatic carbocycles. The molecule has 1 aromatic heterocycles. The quantitative estimate of drug-likeness (QED) is 0.769. The van der Waals surface area contributed by atoms with Crippen molar-refractivity contribution in [1.82, 2.24) is 9.55 Å². The van der Waals surface area contributed by atoms with Crippen LogP contribution in [0.2, 0.25) is 0 Å². The summed E-state index contributed by atoms with van der Waals surface area (Å²) in [6, 6.07) is 6.21. The average Bonchev–Trinajstić information content (AvgIpc) is 2.78. The highest BCUT2D eigenvalue weighted by atomic mass is 79.9. The fraction of sp³-hybridized carbons (Fsp3) is 0.533. The Kier molecular flexibility index (Phi) is 4.64. The third-order valence-electron chi connectivity index (χ3n) is 3.77. The fourth-order valence-electron chi connectivity index (χ4n) is 2.78. The zero-order valence-electron chi connectivity index (χ0n) is 11.3. The maximum atomic E-state index is 5.92. The minimum Gasteiger partial charge on any atom is -0.376 e. The summed E-state index contributed by atoms with van der Waals surface area (Å²) < 4.78 is 9.22. The summed E-state index contributed by atoms with van der Waals surface area (Å²) in [4.78, 5) is 4.71. The predicted octanol–water partition coefficient (Wildman–Crippen LogP) is 4.15. The van der Waals surface area contributed by atoms with E-state index in [9.17, 15) is 0 Å². The molecule has 0 N–H and O–H groups in total. The first kappa shape index (κ1) is 14.4. The maximum Gasteiger partial charge on any atom is 0.111 e. The number of imidazole rings is 1. The van der Waals surface area contributed by atoms with Gasteiger partial charge in [-0.25, -0.2) is 4.98 Å². The monoisotopic (exact) mass is 356 g/mol. The van der Waals surface area contributed by atoms with Crippen molar-refractivity contribution >= 4 is 38.6 Å². The Balaban J connectivity index is 1.96. The molecule has 2 aromatic rings. The van der Waals surface area contributed by atoms with Crippen LogP contribution in [0.1, 0.15) is 25.1 Å². The van der Waals surface area contributed by atoms with Gasteiger partial charge in [0.05, 0.1) is 23.7 Å². The molecule has 0 saturated carbocycles. The number of rotatable bonds is 4. The smallest absolute Gasteiger partial charge is 0.111 e. The Morgan fingerprint density at radius 3 is 3.05 bits per heavy atom. The van der Waals surface area contributed by atoms with Crippen molar-refractivity contribution in [1.29, 1.82) is 0 Å². The van der Waals surface area contributed by atoms with Crippen LogP contribution in [0.4, 0.5) is 0 Å². The van der Waals surface area contributed by atoms with Crippen LogP contribution >= 0.6 is 27.5 Å². The van der Waals surface area contributed by atoms with Crippen molar-refractivity contribution in [3.8, 4) is 0 Å². The van der Waals surface area contributed by atoms with Gasteiger partial charge < -0.3 is 9.30 Å². The number of alkyl halides is 1. The minimum atomic E-state index is 0.300. The lowest BCUT2D eigenvalue weighted by Gasteiger charge is -2.24. The molecule has 0 radical (unpaired) electrons. The van der Waals surface area contributed by atoms with E-state index < -0.39 is 0 Å². The average molecular weight is 358 g/mol. The summed E-state index contributed by atoms with van der Waals surface area (Å²) in [5.41, 5.74) is 2.19. The predicted molar refractivity (Wildman–Crippen MR) is 85.4 cm³/mol. The molecular formula is C15H18BrClN2O. The highest BCUT2D eigenvalue weighted by Gasteiger charge is 2.18. The molecule has 0 spiro atoms. The first-order chi connectivity index (χ1) is 9.78. The van der Waals surface area contributed by atoms with E-state index in [2.05, 4.69) is 32.6 Å². The van der Waals surface area contributed by atoms with E-state index in [1.54, 1.807) is 0 Å². The van der Waals surface area contributed by atoms with Crippen LogP contribution in [0.5, 0.6) is 0 Å². The van der Waals surface area contributed by atoms with Crippen LogP contribution < -0.4 is 0 Å². The Bertz CT molecular complexity index is 593. The molecule has 0 bridgehead atoms. The molecule has 20 heavy (non-hydrogen) atoms. The standard InChI is InChI=1S/C15H18BrClN2O/c16-11-4-5-13-14(9-11)19(15(18-13)6-7-17)10-12-3-1-2-8-20-12/h4-5,9,12H,1-3,6-8,10H2. The maximum absolute atomic E-state index is 5.92. The van der Waals surface area contributed by atoms with Crippen molar-refractivity contribution in [3.63, 3.8) is 0 Å². The third-order valence-corrected chi connectivity index (χ3v) is 4.45. The first-order valence-electron chi connectivity index (χ1n) is 7.10. The van der Waals surface area contributed by atoms with E-state index in [1.807, 2.05) is 6.07 Å². The van der Waals surface area contributed by atoms with Gasteiger partial charge in [-0.3, -0.25) is 0 Å². The van der Waals surface area contributed by atoms with Gasteiger partial charge in [0, 0.05) is 23.4 Å². The fourth-order valence-corrected chi connectivity index (χ4v) is 3.30. The lowest BCUT2D eigenvalue weighted by atomic mass is 10.1. The summed E-state index contributed by atoms with van der Waals surface area (Å²) in [6.07, 6.45) is 4.66. The molecule has 3 nitrogen and oxygen atoms in total. The van der Waals surface area contributed by atoms with Gasteiger partial charge in [-0.2, -0.15) is 0 Å². The molecular weight excluding hydrogens is 340 g/mol. The van der Waals surface area contributed by atoms with E-state index in [-0.39, 0.29) is 0 Å². The Hall–Kier alpha value is -0.580. The summed E-state index contributed by atoms with van der Waals surface area (Å²) in [5, 5.41) is 0. The molecule has 1 aromatic carbocycles. The summed E-state index contributed by atoms with van der Waals surface area (Å²) in [5.74, 6) is 1.65. The third kappa shape index (κ3) is 3.02. The number of aromatic nitrogens is 2. The van der Waals surface area contributed by atoms with Gasteiger partial charge >= 0.3 is 0 Å². The van der Waals surface area contributed by atoms with Crippen LogP contribution in [0.25, 0.3) is 11.0 Å². The van der Waals surface area contributed by atoms with Crippen molar-refractivity contribution in [2.24, 2.45) is 0 Å². The van der Waals surface area contributed by atoms with Crippen LogP contribution in [-0.4, -0.2) is 28.1 Å². The highest BCUT2D eigenvalue weighted by Crippen LogP contribution is 2.24. The Labute approximate surface area is 132 Å². The van der Waals surface area contributed by atoms with E-state index in [1.165, 1.54) is 12.8 Å². The van der Waals surface area contributed by atoms with E-state index in [0.29, 0.717) is 12.0 Å². The number of halogens is 2. The van der Waals surface area contributed by atoms with Gasteiger partial charge in [0.2, 0.25) is 0 Å². The normalized spacial score (nSPS) is 19.6. The molecule has 1 fully saturated rings. The van der Waals surface area contributed by atoms with Crippen LogP contribution in [0.3, 0.4) is 0 Å². The Morgan fingerprint density at radius 1 is 1.40 bits per heavy atom. The largest absolute Gasteiger partial charge is 0.376 e. The topological polar surface area (TPSA) is 27.1 Å². The summed E-state index contributed by atoms with van der Waals surface area (Å²) in [7, 11) is 0. The van der Waals surface area contributed by atoms with Crippen LogP contribution in [0.15, 0.2) is 22.7 Å². The SMILES string of the molecule is ClCCc1nc2ccc(Br)cc2n1CC1CCCCO1. The number of hydrogen-bond acceptors (Lipinski definition) is 2. The molecule has 108 valence electrons. The molecule has 1 saturated heterocycles. The molecule has 2 heterocycles. The van der Waals surface area contributed by atoms with Crippen molar-refractivity contribution in [2.75, 3.05) is 12.5 Å². The van der Waals surface area contributed by atoms with Gasteiger partial charge in [0.15, 0.2) is 0 Å². The van der Waals surface area contributed by atoms with Gasteiger partial charge in [-0.15, -0.1) is 11.6 Å². The van der Waals surface area contributed by atoms with E-state index in [0.717, 1.165) is 47.3 Å².